The molecule has 1 aliphatic heterocycles. The van der Waals surface area contributed by atoms with Gasteiger partial charge in [0.2, 0.25) is 0 Å². The number of hydrogen-bond acceptors (Lipinski definition) is 2. The van der Waals surface area contributed by atoms with E-state index in [-0.39, 0.29) is 6.10 Å². The lowest BCUT2D eigenvalue weighted by atomic mass is 9.94. The highest BCUT2D eigenvalue weighted by atomic mass is 16.5. The number of hydrogen-bond donors (Lipinski definition) is 1. The Labute approximate surface area is 67.9 Å². The van der Waals surface area contributed by atoms with Crippen molar-refractivity contribution >= 4 is 0 Å². The molecule has 0 aromatic rings. The van der Waals surface area contributed by atoms with Crippen LogP contribution in [0.15, 0.2) is 11.6 Å². The van der Waals surface area contributed by atoms with E-state index < -0.39 is 5.60 Å². The maximum Gasteiger partial charge on any atom is 0.111 e. The number of aliphatic hydroxyl groups is 1. The highest BCUT2D eigenvalue weighted by Crippen LogP contribution is 2.27. The Hall–Kier alpha value is -0.340. The predicted octanol–water partition coefficient (Wildman–Crippen LogP) is 1.49. The van der Waals surface area contributed by atoms with Crippen LogP contribution in [0.1, 0.15) is 27.2 Å². The maximum atomic E-state index is 9.93. The first-order valence-electron chi connectivity index (χ1n) is 4.04. The molecule has 1 aliphatic rings. The van der Waals surface area contributed by atoms with Crippen molar-refractivity contribution in [3.63, 3.8) is 0 Å². The summed E-state index contributed by atoms with van der Waals surface area (Å²) in [5.41, 5.74) is 0.434. The Morgan fingerprint density at radius 3 is 2.64 bits per heavy atom. The molecule has 0 aliphatic carbocycles. The third kappa shape index (κ3) is 1.82. The Morgan fingerprint density at radius 2 is 2.27 bits per heavy atom. The minimum absolute atomic E-state index is 0.0580. The molecule has 2 atom stereocenters. The summed E-state index contributed by atoms with van der Waals surface area (Å²) in [6, 6.07) is 0. The highest BCUT2D eigenvalue weighted by Gasteiger charge is 2.37. The maximum absolute atomic E-state index is 9.93. The first-order valence-corrected chi connectivity index (χ1v) is 4.04. The molecule has 2 unspecified atom stereocenters. The Kier molecular flexibility index (Phi) is 2.35. The van der Waals surface area contributed by atoms with Gasteiger partial charge >= 0.3 is 0 Å². The number of allylic oxidation sites excluding steroid dienone is 1. The second-order valence-corrected chi connectivity index (χ2v) is 3.48. The molecule has 2 heteroatoms. The van der Waals surface area contributed by atoms with Crippen LogP contribution in [0.5, 0.6) is 0 Å². The van der Waals surface area contributed by atoms with Gasteiger partial charge < -0.3 is 9.84 Å². The lowest BCUT2D eigenvalue weighted by molar-refractivity contribution is 0.00672. The molecule has 1 saturated heterocycles. The summed E-state index contributed by atoms with van der Waals surface area (Å²) in [5, 5.41) is 9.93. The van der Waals surface area contributed by atoms with Gasteiger partial charge in [-0.05, 0) is 20.8 Å². The summed E-state index contributed by atoms with van der Waals surface area (Å²) < 4.78 is 5.27. The van der Waals surface area contributed by atoms with E-state index in [1.54, 1.807) is 0 Å². The van der Waals surface area contributed by atoms with Crippen LogP contribution >= 0.6 is 0 Å². The highest BCUT2D eigenvalue weighted by molar-refractivity contribution is 5.11. The van der Waals surface area contributed by atoms with Crippen LogP contribution < -0.4 is 0 Å². The van der Waals surface area contributed by atoms with E-state index in [9.17, 15) is 5.11 Å². The molecule has 0 bridgehead atoms. The van der Waals surface area contributed by atoms with Crippen molar-refractivity contribution in [1.82, 2.24) is 0 Å². The van der Waals surface area contributed by atoms with Crippen molar-refractivity contribution in [2.75, 3.05) is 6.61 Å². The van der Waals surface area contributed by atoms with Gasteiger partial charge in [0, 0.05) is 6.42 Å². The van der Waals surface area contributed by atoms with Gasteiger partial charge in [-0.15, -0.1) is 0 Å². The molecule has 1 N–H and O–H groups in total. The average Bonchev–Trinajstić information content (AvgIpc) is 2.11. The van der Waals surface area contributed by atoms with Crippen LogP contribution in [0.2, 0.25) is 0 Å². The summed E-state index contributed by atoms with van der Waals surface area (Å²) in [7, 11) is 0. The molecule has 64 valence electrons. The van der Waals surface area contributed by atoms with E-state index in [0.29, 0.717) is 6.61 Å². The minimum Gasteiger partial charge on any atom is -0.383 e. The molecular weight excluding hydrogens is 140 g/mol. The van der Waals surface area contributed by atoms with E-state index in [0.717, 1.165) is 12.0 Å². The van der Waals surface area contributed by atoms with E-state index >= 15 is 0 Å². The van der Waals surface area contributed by atoms with Gasteiger partial charge in [-0.3, -0.25) is 0 Å². The van der Waals surface area contributed by atoms with Crippen LogP contribution in [0.4, 0.5) is 0 Å². The molecule has 0 aromatic heterocycles. The van der Waals surface area contributed by atoms with Gasteiger partial charge in [-0.1, -0.05) is 11.6 Å². The van der Waals surface area contributed by atoms with Gasteiger partial charge in [0.15, 0.2) is 0 Å². The molecular formula is C9H16O2. The molecule has 0 spiro atoms. The Morgan fingerprint density at radius 1 is 1.64 bits per heavy atom. The van der Waals surface area contributed by atoms with Crippen molar-refractivity contribution in [2.24, 2.45) is 0 Å². The zero-order valence-electron chi connectivity index (χ0n) is 7.42. The Bertz CT molecular complexity index is 170. The SMILES string of the molecule is CC(C)=CC1(O)CCOC1C. The number of rotatable bonds is 1. The van der Waals surface area contributed by atoms with Crippen LogP contribution in [-0.2, 0) is 4.74 Å². The predicted molar refractivity (Wildman–Crippen MR) is 44.4 cm³/mol. The molecule has 0 saturated carbocycles. The van der Waals surface area contributed by atoms with E-state index in [4.69, 9.17) is 4.74 Å². The van der Waals surface area contributed by atoms with Crippen molar-refractivity contribution < 1.29 is 9.84 Å². The largest absolute Gasteiger partial charge is 0.383 e. The molecule has 2 nitrogen and oxygen atoms in total. The molecule has 1 heterocycles. The van der Waals surface area contributed by atoms with Crippen molar-refractivity contribution in [3.05, 3.63) is 11.6 Å². The Balaban J connectivity index is 2.73. The fourth-order valence-corrected chi connectivity index (χ4v) is 1.44. The van der Waals surface area contributed by atoms with Gasteiger partial charge in [-0.2, -0.15) is 0 Å². The van der Waals surface area contributed by atoms with Crippen LogP contribution in [-0.4, -0.2) is 23.4 Å². The van der Waals surface area contributed by atoms with Crippen molar-refractivity contribution in [2.45, 2.75) is 38.9 Å². The molecule has 1 fully saturated rings. The normalized spacial score (nSPS) is 37.3. The molecule has 0 aromatic carbocycles. The molecule has 0 amide bonds. The fourth-order valence-electron chi connectivity index (χ4n) is 1.44. The van der Waals surface area contributed by atoms with E-state index in [1.807, 2.05) is 26.8 Å². The summed E-state index contributed by atoms with van der Waals surface area (Å²) in [5.74, 6) is 0. The number of ether oxygens (including phenoxy) is 1. The monoisotopic (exact) mass is 156 g/mol. The summed E-state index contributed by atoms with van der Waals surface area (Å²) in [4.78, 5) is 0. The smallest absolute Gasteiger partial charge is 0.111 e. The first kappa shape index (κ1) is 8.75. The lowest BCUT2D eigenvalue weighted by Crippen LogP contribution is -2.33. The topological polar surface area (TPSA) is 29.5 Å². The molecule has 1 rings (SSSR count). The van der Waals surface area contributed by atoms with Gasteiger partial charge in [0.25, 0.3) is 0 Å². The second-order valence-electron chi connectivity index (χ2n) is 3.48. The zero-order chi connectivity index (χ0) is 8.48. The van der Waals surface area contributed by atoms with Crippen LogP contribution in [0, 0.1) is 0 Å². The second kappa shape index (κ2) is 2.95. The van der Waals surface area contributed by atoms with Crippen LogP contribution in [0.25, 0.3) is 0 Å². The zero-order valence-corrected chi connectivity index (χ0v) is 7.42. The summed E-state index contributed by atoms with van der Waals surface area (Å²) in [6.07, 6.45) is 2.56. The average molecular weight is 156 g/mol. The van der Waals surface area contributed by atoms with E-state index in [2.05, 4.69) is 0 Å². The van der Waals surface area contributed by atoms with Crippen molar-refractivity contribution in [1.29, 1.82) is 0 Å². The quantitative estimate of drug-likeness (QED) is 0.583. The molecule has 0 radical (unpaired) electrons. The third-order valence-electron chi connectivity index (χ3n) is 2.11. The lowest BCUT2D eigenvalue weighted by Gasteiger charge is -2.22. The standard InChI is InChI=1S/C9H16O2/c1-7(2)6-9(10)4-5-11-8(9)3/h6,8,10H,4-5H2,1-3H3. The van der Waals surface area contributed by atoms with E-state index in [1.165, 1.54) is 0 Å². The molecule has 11 heavy (non-hydrogen) atoms. The third-order valence-corrected chi connectivity index (χ3v) is 2.11. The van der Waals surface area contributed by atoms with Gasteiger partial charge in [-0.25, -0.2) is 0 Å². The van der Waals surface area contributed by atoms with Crippen molar-refractivity contribution in [3.8, 4) is 0 Å². The minimum atomic E-state index is -0.709. The van der Waals surface area contributed by atoms with Crippen LogP contribution in [0.3, 0.4) is 0 Å². The summed E-state index contributed by atoms with van der Waals surface area (Å²) in [6.45, 7) is 6.56. The first-order chi connectivity index (χ1) is 5.04. The summed E-state index contributed by atoms with van der Waals surface area (Å²) >= 11 is 0. The fraction of sp³-hybridized carbons (Fsp3) is 0.778. The van der Waals surface area contributed by atoms with Gasteiger partial charge in [0.05, 0.1) is 12.7 Å². The van der Waals surface area contributed by atoms with Gasteiger partial charge in [0.1, 0.15) is 5.60 Å².